The summed E-state index contributed by atoms with van der Waals surface area (Å²) in [4.78, 5) is 19.3. The van der Waals surface area contributed by atoms with E-state index in [1.165, 1.54) is 0 Å². The second kappa shape index (κ2) is 5.63. The van der Waals surface area contributed by atoms with Gasteiger partial charge in [0.1, 0.15) is 0 Å². The van der Waals surface area contributed by atoms with Gasteiger partial charge in [-0.15, -0.1) is 0 Å². The average molecular weight is 281 g/mol. The first kappa shape index (κ1) is 13.9. The molecule has 0 spiro atoms. The Hall–Kier alpha value is -1.53. The van der Waals surface area contributed by atoms with E-state index in [1.54, 1.807) is 0 Å². The van der Waals surface area contributed by atoms with E-state index >= 15 is 0 Å². The quantitative estimate of drug-likeness (QED) is 0.859. The lowest BCUT2D eigenvalue weighted by Gasteiger charge is -2.12. The fraction of sp³-hybridized carbons (Fsp3) is 0.500. The van der Waals surface area contributed by atoms with E-state index in [2.05, 4.69) is 30.2 Å². The van der Waals surface area contributed by atoms with Crippen LogP contribution in [0.3, 0.4) is 0 Å². The molecule has 0 radical (unpaired) electrons. The van der Waals surface area contributed by atoms with Gasteiger partial charge in [-0.1, -0.05) is 0 Å². The number of fused-ring (bicyclic) bond motifs is 1. The molecule has 2 rings (SSSR count). The van der Waals surface area contributed by atoms with Gasteiger partial charge in [0.2, 0.25) is 5.28 Å². The van der Waals surface area contributed by atoms with Gasteiger partial charge in [0.05, 0.1) is 11.4 Å². The number of rotatable bonds is 4. The van der Waals surface area contributed by atoms with Crippen molar-refractivity contribution in [2.24, 2.45) is 0 Å². The van der Waals surface area contributed by atoms with Gasteiger partial charge in [-0.05, 0) is 39.5 Å². The van der Waals surface area contributed by atoms with E-state index in [9.17, 15) is 0 Å². The summed E-state index contributed by atoms with van der Waals surface area (Å²) in [5.74, 6) is 0.632. The van der Waals surface area contributed by atoms with Crippen molar-refractivity contribution in [3.63, 3.8) is 0 Å². The first-order valence-corrected chi connectivity index (χ1v) is 6.42. The molecule has 0 aliphatic carbocycles. The highest BCUT2D eigenvalue weighted by Crippen LogP contribution is 2.19. The third-order valence-electron chi connectivity index (χ3n) is 2.77. The van der Waals surface area contributed by atoms with Crippen LogP contribution >= 0.6 is 11.6 Å². The van der Waals surface area contributed by atoms with E-state index < -0.39 is 0 Å². The first-order valence-electron chi connectivity index (χ1n) is 6.04. The molecule has 0 aliphatic rings. The highest BCUT2D eigenvalue weighted by atomic mass is 35.5. The lowest BCUT2D eigenvalue weighted by atomic mass is 10.3. The van der Waals surface area contributed by atoms with Gasteiger partial charge in [0, 0.05) is 13.1 Å². The van der Waals surface area contributed by atoms with Crippen molar-refractivity contribution in [3.8, 4) is 0 Å². The summed E-state index contributed by atoms with van der Waals surface area (Å²) in [5, 5.41) is 3.40. The predicted octanol–water partition coefficient (Wildman–Crippen LogP) is 1.66. The molecule has 0 saturated heterocycles. The van der Waals surface area contributed by atoms with Crippen molar-refractivity contribution >= 4 is 28.6 Å². The van der Waals surface area contributed by atoms with Gasteiger partial charge in [-0.2, -0.15) is 9.97 Å². The SMILES string of the molecule is Cc1nc2nc(Cl)nc(NCCN(C)C)c2nc1C. The van der Waals surface area contributed by atoms with Crippen LogP contribution in [0, 0.1) is 13.8 Å². The molecule has 19 heavy (non-hydrogen) atoms. The van der Waals surface area contributed by atoms with Crippen molar-refractivity contribution in [2.75, 3.05) is 32.5 Å². The van der Waals surface area contributed by atoms with E-state index in [-0.39, 0.29) is 5.28 Å². The Kier molecular flexibility index (Phi) is 4.11. The van der Waals surface area contributed by atoms with Crippen LogP contribution in [0.4, 0.5) is 5.82 Å². The van der Waals surface area contributed by atoms with E-state index in [1.807, 2.05) is 27.9 Å². The van der Waals surface area contributed by atoms with Crippen LogP contribution in [0.5, 0.6) is 0 Å². The molecule has 0 atom stereocenters. The smallest absolute Gasteiger partial charge is 0.226 e. The molecule has 7 heteroatoms. The molecule has 6 nitrogen and oxygen atoms in total. The molecular formula is C12H17ClN6. The standard InChI is InChI=1S/C12H17ClN6/c1-7-8(2)16-11-9(15-7)10(17-12(13)18-11)14-5-6-19(3)4/h5-6H2,1-4H3,(H,14,16,17,18). The maximum atomic E-state index is 5.92. The van der Waals surface area contributed by atoms with Crippen molar-refractivity contribution in [1.29, 1.82) is 0 Å². The molecule has 0 amide bonds. The minimum absolute atomic E-state index is 0.178. The monoisotopic (exact) mass is 280 g/mol. The van der Waals surface area contributed by atoms with E-state index in [4.69, 9.17) is 11.6 Å². The fourth-order valence-corrected chi connectivity index (χ4v) is 1.77. The number of hydrogen-bond donors (Lipinski definition) is 1. The Morgan fingerprint density at radius 2 is 1.74 bits per heavy atom. The number of nitrogens with zero attached hydrogens (tertiary/aromatic N) is 5. The summed E-state index contributed by atoms with van der Waals surface area (Å²) < 4.78 is 0. The zero-order chi connectivity index (χ0) is 14.0. The first-order chi connectivity index (χ1) is 8.97. The maximum absolute atomic E-state index is 5.92. The highest BCUT2D eigenvalue weighted by molar-refractivity contribution is 6.28. The van der Waals surface area contributed by atoms with Crippen LogP contribution in [0.25, 0.3) is 11.2 Å². The summed E-state index contributed by atoms with van der Waals surface area (Å²) in [7, 11) is 4.03. The van der Waals surface area contributed by atoms with Crippen LogP contribution in [0.2, 0.25) is 5.28 Å². The third kappa shape index (κ3) is 3.27. The topological polar surface area (TPSA) is 66.8 Å². The molecule has 0 bridgehead atoms. The summed E-state index contributed by atoms with van der Waals surface area (Å²) in [6.45, 7) is 5.46. The van der Waals surface area contributed by atoms with Crippen molar-refractivity contribution < 1.29 is 0 Å². The molecule has 1 N–H and O–H groups in total. The lowest BCUT2D eigenvalue weighted by molar-refractivity contribution is 0.425. The van der Waals surface area contributed by atoms with Gasteiger partial charge in [0.15, 0.2) is 17.0 Å². The second-order valence-electron chi connectivity index (χ2n) is 4.64. The number of nitrogens with one attached hydrogen (secondary N) is 1. The Labute approximate surface area is 117 Å². The molecule has 0 saturated carbocycles. The van der Waals surface area contributed by atoms with Crippen LogP contribution in [0.1, 0.15) is 11.4 Å². The van der Waals surface area contributed by atoms with Gasteiger partial charge in [-0.3, -0.25) is 0 Å². The molecule has 0 aliphatic heterocycles. The third-order valence-corrected chi connectivity index (χ3v) is 2.94. The van der Waals surface area contributed by atoms with Crippen molar-refractivity contribution in [2.45, 2.75) is 13.8 Å². The number of anilines is 1. The Bertz CT molecular complexity index is 598. The Morgan fingerprint density at radius 3 is 2.42 bits per heavy atom. The zero-order valence-corrected chi connectivity index (χ0v) is 12.3. The maximum Gasteiger partial charge on any atom is 0.226 e. The molecule has 0 fully saturated rings. The number of halogens is 1. The number of aromatic nitrogens is 4. The Balaban J connectivity index is 2.38. The normalized spacial score (nSPS) is 11.3. The minimum atomic E-state index is 0.178. The molecule has 2 aromatic heterocycles. The summed E-state index contributed by atoms with van der Waals surface area (Å²) >= 11 is 5.92. The fourth-order valence-electron chi connectivity index (χ4n) is 1.61. The van der Waals surface area contributed by atoms with E-state index in [0.717, 1.165) is 24.5 Å². The highest BCUT2D eigenvalue weighted by Gasteiger charge is 2.11. The van der Waals surface area contributed by atoms with Crippen LogP contribution in [-0.2, 0) is 0 Å². The van der Waals surface area contributed by atoms with Gasteiger partial charge >= 0.3 is 0 Å². The van der Waals surface area contributed by atoms with Crippen LogP contribution < -0.4 is 5.32 Å². The lowest BCUT2D eigenvalue weighted by Crippen LogP contribution is -2.21. The molecule has 102 valence electrons. The second-order valence-corrected chi connectivity index (χ2v) is 4.98. The summed E-state index contributed by atoms with van der Waals surface area (Å²) in [6.07, 6.45) is 0. The van der Waals surface area contributed by atoms with Crippen molar-refractivity contribution in [3.05, 3.63) is 16.7 Å². The van der Waals surface area contributed by atoms with Gasteiger partial charge in [0.25, 0.3) is 0 Å². The summed E-state index contributed by atoms with van der Waals surface area (Å²) in [6, 6.07) is 0. The summed E-state index contributed by atoms with van der Waals surface area (Å²) in [5.41, 5.74) is 2.90. The largest absolute Gasteiger partial charge is 0.367 e. The van der Waals surface area contributed by atoms with Crippen molar-refractivity contribution in [1.82, 2.24) is 24.8 Å². The van der Waals surface area contributed by atoms with Gasteiger partial charge in [-0.25, -0.2) is 9.97 Å². The number of likely N-dealkylation sites (N-methyl/N-ethyl adjacent to an activating group) is 1. The van der Waals surface area contributed by atoms with Crippen LogP contribution in [0.15, 0.2) is 0 Å². The Morgan fingerprint density at radius 1 is 1.05 bits per heavy atom. The number of hydrogen-bond acceptors (Lipinski definition) is 6. The molecule has 0 unspecified atom stereocenters. The molecular weight excluding hydrogens is 264 g/mol. The molecule has 2 heterocycles. The van der Waals surface area contributed by atoms with E-state index in [0.29, 0.717) is 17.0 Å². The molecule has 0 aromatic carbocycles. The van der Waals surface area contributed by atoms with Crippen LogP contribution in [-0.4, -0.2) is 52.0 Å². The van der Waals surface area contributed by atoms with Gasteiger partial charge < -0.3 is 10.2 Å². The minimum Gasteiger partial charge on any atom is -0.367 e. The number of aryl methyl sites for hydroxylation is 2. The average Bonchev–Trinajstić information content (AvgIpc) is 2.31. The molecule has 2 aromatic rings. The predicted molar refractivity (Wildman–Crippen MR) is 76.7 cm³/mol. The zero-order valence-electron chi connectivity index (χ0n) is 11.5.